The number of rotatable bonds is 6. The van der Waals surface area contributed by atoms with Crippen LogP contribution < -0.4 is 10.6 Å². The maximum atomic E-state index is 12.1. The molecule has 0 heterocycles. The summed E-state index contributed by atoms with van der Waals surface area (Å²) in [6.45, 7) is 1.97. The number of carbonyl (C=O) groups is 2. The molecule has 0 aliphatic carbocycles. The van der Waals surface area contributed by atoms with E-state index >= 15 is 0 Å². The van der Waals surface area contributed by atoms with E-state index < -0.39 is 11.8 Å². The number of carbonyl (C=O) groups excluding carboxylic acids is 2. The van der Waals surface area contributed by atoms with Gasteiger partial charge in [0.25, 0.3) is 0 Å². The molecule has 24 heavy (non-hydrogen) atoms. The molecule has 2 aromatic rings. The van der Waals surface area contributed by atoms with E-state index in [1.165, 1.54) is 5.56 Å². The molecule has 1 atom stereocenters. The number of hydrogen-bond donors (Lipinski definition) is 2. The molecule has 0 saturated heterocycles. The lowest BCUT2D eigenvalue weighted by Gasteiger charge is -2.17. The average molecular weight is 342 g/mol. The van der Waals surface area contributed by atoms with Gasteiger partial charge in [-0.25, -0.2) is 0 Å². The standard InChI is InChI=1S/C19H22N2O2S/c1-3-17(15-7-5-4-6-8-15)21-19(23)18(22)20-16-11-9-14(10-12-16)13-24-2/h4-12,17H,3,13H2,1-2H3,(H,20,22)(H,21,23). The van der Waals surface area contributed by atoms with Crippen LogP contribution >= 0.6 is 11.8 Å². The Morgan fingerprint density at radius 2 is 1.67 bits per heavy atom. The number of nitrogens with one attached hydrogen (secondary N) is 2. The van der Waals surface area contributed by atoms with Gasteiger partial charge in [0, 0.05) is 11.4 Å². The van der Waals surface area contributed by atoms with Gasteiger partial charge in [-0.2, -0.15) is 11.8 Å². The summed E-state index contributed by atoms with van der Waals surface area (Å²) < 4.78 is 0. The number of amides is 2. The minimum absolute atomic E-state index is 0.173. The molecule has 5 heteroatoms. The molecular weight excluding hydrogens is 320 g/mol. The normalized spacial score (nSPS) is 11.6. The molecule has 1 unspecified atom stereocenters. The van der Waals surface area contributed by atoms with Gasteiger partial charge in [-0.15, -0.1) is 0 Å². The van der Waals surface area contributed by atoms with Crippen molar-refractivity contribution in [1.82, 2.24) is 5.32 Å². The SMILES string of the molecule is CCC(NC(=O)C(=O)Nc1ccc(CSC)cc1)c1ccccc1. The Hall–Kier alpha value is -2.27. The molecule has 0 fully saturated rings. The first kappa shape index (κ1) is 18.1. The van der Waals surface area contributed by atoms with Crippen LogP contribution in [0.25, 0.3) is 0 Å². The van der Waals surface area contributed by atoms with Crippen LogP contribution in [0.3, 0.4) is 0 Å². The van der Waals surface area contributed by atoms with Gasteiger partial charge in [0.15, 0.2) is 0 Å². The molecular formula is C19H22N2O2S. The first-order valence-corrected chi connectivity index (χ1v) is 9.28. The van der Waals surface area contributed by atoms with Crippen LogP contribution in [-0.4, -0.2) is 18.1 Å². The van der Waals surface area contributed by atoms with Crippen LogP contribution in [0.1, 0.15) is 30.5 Å². The first-order chi connectivity index (χ1) is 11.6. The van der Waals surface area contributed by atoms with Crippen molar-refractivity contribution in [2.45, 2.75) is 25.1 Å². The molecule has 0 radical (unpaired) electrons. The Balaban J connectivity index is 1.95. The summed E-state index contributed by atoms with van der Waals surface area (Å²) in [4.78, 5) is 24.2. The fourth-order valence-electron chi connectivity index (χ4n) is 2.37. The Morgan fingerprint density at radius 1 is 1.00 bits per heavy atom. The summed E-state index contributed by atoms with van der Waals surface area (Å²) in [5, 5.41) is 5.41. The van der Waals surface area contributed by atoms with Crippen molar-refractivity contribution in [2.24, 2.45) is 0 Å². The van der Waals surface area contributed by atoms with E-state index in [0.717, 1.165) is 11.3 Å². The molecule has 2 aromatic carbocycles. The van der Waals surface area contributed by atoms with E-state index in [1.807, 2.05) is 67.8 Å². The van der Waals surface area contributed by atoms with Gasteiger partial charge < -0.3 is 10.6 Å². The summed E-state index contributed by atoms with van der Waals surface area (Å²) in [7, 11) is 0. The predicted molar refractivity (Wildman–Crippen MR) is 99.9 cm³/mol. The molecule has 2 rings (SSSR count). The van der Waals surface area contributed by atoms with Crippen LogP contribution in [0.2, 0.25) is 0 Å². The molecule has 0 spiro atoms. The minimum Gasteiger partial charge on any atom is -0.341 e. The maximum absolute atomic E-state index is 12.1. The average Bonchev–Trinajstić information content (AvgIpc) is 2.62. The fraction of sp³-hybridized carbons (Fsp3) is 0.263. The fourth-order valence-corrected chi connectivity index (χ4v) is 2.89. The highest BCUT2D eigenvalue weighted by Gasteiger charge is 2.18. The van der Waals surface area contributed by atoms with Crippen LogP contribution in [0.5, 0.6) is 0 Å². The van der Waals surface area contributed by atoms with Crippen molar-refractivity contribution < 1.29 is 9.59 Å². The number of hydrogen-bond acceptors (Lipinski definition) is 3. The number of thioether (sulfide) groups is 1. The van der Waals surface area contributed by atoms with Gasteiger partial charge in [0.2, 0.25) is 0 Å². The van der Waals surface area contributed by atoms with Gasteiger partial charge in [0.05, 0.1) is 6.04 Å². The third-order valence-electron chi connectivity index (χ3n) is 3.64. The second kappa shape index (κ2) is 9.13. The van der Waals surface area contributed by atoms with E-state index in [0.29, 0.717) is 12.1 Å². The largest absolute Gasteiger partial charge is 0.341 e. The zero-order valence-electron chi connectivity index (χ0n) is 13.9. The molecule has 0 aliphatic rings. The van der Waals surface area contributed by atoms with Crippen LogP contribution in [0.15, 0.2) is 54.6 Å². The van der Waals surface area contributed by atoms with E-state index in [9.17, 15) is 9.59 Å². The smallest absolute Gasteiger partial charge is 0.313 e. The van der Waals surface area contributed by atoms with Crippen LogP contribution in [-0.2, 0) is 15.3 Å². The quantitative estimate of drug-likeness (QED) is 0.786. The lowest BCUT2D eigenvalue weighted by Crippen LogP contribution is -2.37. The van der Waals surface area contributed by atoms with Crippen molar-refractivity contribution in [2.75, 3.05) is 11.6 Å². The molecule has 2 N–H and O–H groups in total. The van der Waals surface area contributed by atoms with Crippen molar-refractivity contribution in [3.63, 3.8) is 0 Å². The van der Waals surface area contributed by atoms with Crippen LogP contribution in [0, 0.1) is 0 Å². The van der Waals surface area contributed by atoms with Crippen molar-refractivity contribution in [3.05, 3.63) is 65.7 Å². The third-order valence-corrected chi connectivity index (χ3v) is 4.27. The van der Waals surface area contributed by atoms with E-state index in [-0.39, 0.29) is 6.04 Å². The lowest BCUT2D eigenvalue weighted by molar-refractivity contribution is -0.136. The highest BCUT2D eigenvalue weighted by atomic mass is 32.2. The molecule has 0 saturated carbocycles. The van der Waals surface area contributed by atoms with E-state index in [2.05, 4.69) is 10.6 Å². The lowest BCUT2D eigenvalue weighted by atomic mass is 10.0. The van der Waals surface area contributed by atoms with Gasteiger partial charge in [0.1, 0.15) is 0 Å². The highest BCUT2D eigenvalue weighted by molar-refractivity contribution is 7.97. The maximum Gasteiger partial charge on any atom is 0.313 e. The Labute approximate surface area is 147 Å². The Kier molecular flexibility index (Phi) is 6.88. The zero-order valence-corrected chi connectivity index (χ0v) is 14.7. The van der Waals surface area contributed by atoms with Gasteiger partial charge >= 0.3 is 11.8 Å². The molecule has 0 aromatic heterocycles. The highest BCUT2D eigenvalue weighted by Crippen LogP contribution is 2.16. The summed E-state index contributed by atoms with van der Waals surface area (Å²) in [5.74, 6) is -0.356. The van der Waals surface area contributed by atoms with Crippen molar-refractivity contribution >= 4 is 29.3 Å². The van der Waals surface area contributed by atoms with Crippen molar-refractivity contribution in [3.8, 4) is 0 Å². The van der Waals surface area contributed by atoms with E-state index in [1.54, 1.807) is 11.8 Å². The van der Waals surface area contributed by atoms with Gasteiger partial charge in [-0.3, -0.25) is 9.59 Å². The third kappa shape index (κ3) is 5.13. The molecule has 0 aliphatic heterocycles. The van der Waals surface area contributed by atoms with Crippen molar-refractivity contribution in [1.29, 1.82) is 0 Å². The van der Waals surface area contributed by atoms with Crippen LogP contribution in [0.4, 0.5) is 5.69 Å². The minimum atomic E-state index is -0.651. The molecule has 2 amide bonds. The summed E-state index contributed by atoms with van der Waals surface area (Å²) in [6, 6.07) is 17.0. The topological polar surface area (TPSA) is 58.2 Å². The van der Waals surface area contributed by atoms with Gasteiger partial charge in [-0.1, -0.05) is 49.4 Å². The molecule has 126 valence electrons. The summed E-state index contributed by atoms with van der Waals surface area (Å²) in [6.07, 6.45) is 2.75. The second-order valence-corrected chi connectivity index (χ2v) is 6.30. The Bertz CT molecular complexity index is 672. The zero-order chi connectivity index (χ0) is 17.4. The molecule has 4 nitrogen and oxygen atoms in total. The second-order valence-electron chi connectivity index (χ2n) is 5.43. The van der Waals surface area contributed by atoms with Gasteiger partial charge in [-0.05, 0) is 35.9 Å². The predicted octanol–water partition coefficient (Wildman–Crippen LogP) is 3.76. The van der Waals surface area contributed by atoms with E-state index in [4.69, 9.17) is 0 Å². The Morgan fingerprint density at radius 3 is 2.25 bits per heavy atom. The first-order valence-electron chi connectivity index (χ1n) is 7.88. The monoisotopic (exact) mass is 342 g/mol. The summed E-state index contributed by atoms with van der Waals surface area (Å²) >= 11 is 1.74. The number of benzene rings is 2. The number of anilines is 1. The summed E-state index contributed by atoms with van der Waals surface area (Å²) in [5.41, 5.74) is 2.79. The molecule has 0 bridgehead atoms.